The average Bonchev–Trinajstić information content (AvgIpc) is 2.67. The van der Waals surface area contributed by atoms with E-state index >= 15 is 0 Å². The summed E-state index contributed by atoms with van der Waals surface area (Å²) in [6, 6.07) is 3.62. The van der Waals surface area contributed by atoms with Crippen LogP contribution in [-0.4, -0.2) is 24.3 Å². The van der Waals surface area contributed by atoms with Gasteiger partial charge in [0.1, 0.15) is 4.88 Å². The fourth-order valence-electron chi connectivity index (χ4n) is 1.03. The number of aliphatic hydroxyl groups excluding tert-OH is 1. The molecule has 1 aromatic rings. The molecule has 0 fully saturated rings. The number of hydrogen-bond acceptors (Lipinski definition) is 4. The van der Waals surface area contributed by atoms with Crippen LogP contribution in [0.2, 0.25) is 0 Å². The Morgan fingerprint density at radius 1 is 1.60 bits per heavy atom. The molecule has 0 aliphatic rings. The summed E-state index contributed by atoms with van der Waals surface area (Å²) in [4.78, 5) is 12.9. The van der Waals surface area contributed by atoms with E-state index in [-0.39, 0.29) is 12.6 Å². The first kappa shape index (κ1) is 11.9. The van der Waals surface area contributed by atoms with Gasteiger partial charge in [0.2, 0.25) is 0 Å². The van der Waals surface area contributed by atoms with E-state index in [2.05, 4.69) is 0 Å². The van der Waals surface area contributed by atoms with E-state index in [9.17, 15) is 4.79 Å². The zero-order chi connectivity index (χ0) is 11.1. The van der Waals surface area contributed by atoms with Crippen molar-refractivity contribution in [2.75, 3.05) is 13.2 Å². The number of hydrogen-bond donors (Lipinski definition) is 1. The van der Waals surface area contributed by atoms with E-state index in [1.54, 1.807) is 13.0 Å². The molecular formula is C11H14O3S. The van der Waals surface area contributed by atoms with Crippen molar-refractivity contribution >= 4 is 23.4 Å². The summed E-state index contributed by atoms with van der Waals surface area (Å²) in [7, 11) is 0. The van der Waals surface area contributed by atoms with Crippen molar-refractivity contribution in [3.05, 3.63) is 28.0 Å². The number of carbonyl (C=O) groups is 1. The Labute approximate surface area is 93.0 Å². The van der Waals surface area contributed by atoms with E-state index in [4.69, 9.17) is 9.84 Å². The van der Waals surface area contributed by atoms with E-state index in [1.807, 2.05) is 18.2 Å². The highest BCUT2D eigenvalue weighted by molar-refractivity contribution is 7.14. The molecule has 0 aliphatic heterocycles. The molecule has 1 aromatic heterocycles. The van der Waals surface area contributed by atoms with Gasteiger partial charge in [-0.05, 0) is 31.6 Å². The lowest BCUT2D eigenvalue weighted by atomic mass is 10.3. The molecule has 4 heteroatoms. The molecule has 3 nitrogen and oxygen atoms in total. The molecule has 0 atom stereocenters. The van der Waals surface area contributed by atoms with Crippen LogP contribution in [0.5, 0.6) is 0 Å². The van der Waals surface area contributed by atoms with Crippen molar-refractivity contribution in [3.8, 4) is 0 Å². The van der Waals surface area contributed by atoms with Gasteiger partial charge in [-0.2, -0.15) is 0 Å². The SMILES string of the molecule is CCOC(=O)c1ccc(C=CCCO)s1. The summed E-state index contributed by atoms with van der Waals surface area (Å²) < 4.78 is 4.87. The Morgan fingerprint density at radius 2 is 2.40 bits per heavy atom. The van der Waals surface area contributed by atoms with Crippen molar-refractivity contribution < 1.29 is 14.6 Å². The molecule has 82 valence electrons. The maximum atomic E-state index is 11.3. The molecule has 1 heterocycles. The van der Waals surface area contributed by atoms with Crippen LogP contribution >= 0.6 is 11.3 Å². The summed E-state index contributed by atoms with van der Waals surface area (Å²) in [5.74, 6) is -0.274. The van der Waals surface area contributed by atoms with Crippen LogP contribution in [-0.2, 0) is 4.74 Å². The van der Waals surface area contributed by atoms with Gasteiger partial charge in [-0.1, -0.05) is 6.08 Å². The summed E-state index contributed by atoms with van der Waals surface area (Å²) in [6.45, 7) is 2.33. The normalized spacial score (nSPS) is 10.8. The minimum Gasteiger partial charge on any atom is -0.462 e. The van der Waals surface area contributed by atoms with Crippen molar-refractivity contribution in [2.45, 2.75) is 13.3 Å². The second kappa shape index (κ2) is 6.37. The van der Waals surface area contributed by atoms with Gasteiger partial charge in [-0.15, -0.1) is 11.3 Å². The Bertz CT molecular complexity index is 341. The Hall–Kier alpha value is -1.13. The highest BCUT2D eigenvalue weighted by Gasteiger charge is 2.08. The van der Waals surface area contributed by atoms with Crippen molar-refractivity contribution in [2.24, 2.45) is 0 Å². The van der Waals surface area contributed by atoms with E-state index in [0.29, 0.717) is 17.9 Å². The van der Waals surface area contributed by atoms with Crippen LogP contribution in [0.1, 0.15) is 27.9 Å². The number of carbonyl (C=O) groups excluding carboxylic acids is 1. The molecule has 0 amide bonds. The molecule has 0 unspecified atom stereocenters. The topological polar surface area (TPSA) is 46.5 Å². The quantitative estimate of drug-likeness (QED) is 0.784. The molecule has 0 radical (unpaired) electrons. The monoisotopic (exact) mass is 226 g/mol. The molecule has 0 saturated heterocycles. The maximum absolute atomic E-state index is 11.3. The average molecular weight is 226 g/mol. The number of rotatable bonds is 5. The van der Waals surface area contributed by atoms with Gasteiger partial charge in [-0.25, -0.2) is 4.79 Å². The Morgan fingerprint density at radius 3 is 3.07 bits per heavy atom. The smallest absolute Gasteiger partial charge is 0.348 e. The van der Waals surface area contributed by atoms with Crippen LogP contribution in [0, 0.1) is 0 Å². The lowest BCUT2D eigenvalue weighted by Crippen LogP contribution is -2.01. The van der Waals surface area contributed by atoms with Crippen molar-refractivity contribution in [1.29, 1.82) is 0 Å². The fourth-order valence-corrected chi connectivity index (χ4v) is 1.86. The first-order valence-electron chi connectivity index (χ1n) is 4.82. The zero-order valence-electron chi connectivity index (χ0n) is 8.60. The first-order valence-corrected chi connectivity index (χ1v) is 5.64. The van der Waals surface area contributed by atoms with Crippen LogP contribution in [0.15, 0.2) is 18.2 Å². The standard InChI is InChI=1S/C11H14O3S/c1-2-14-11(13)10-7-6-9(15-10)5-3-4-8-12/h3,5-7,12H,2,4,8H2,1H3. The third-order valence-corrected chi connectivity index (χ3v) is 2.71. The molecule has 0 bridgehead atoms. The summed E-state index contributed by atoms with van der Waals surface area (Å²) in [5.41, 5.74) is 0. The molecular weight excluding hydrogens is 212 g/mol. The number of ether oxygens (including phenoxy) is 1. The first-order chi connectivity index (χ1) is 7.27. The number of esters is 1. The van der Waals surface area contributed by atoms with Gasteiger partial charge in [-0.3, -0.25) is 0 Å². The van der Waals surface area contributed by atoms with Gasteiger partial charge in [0.05, 0.1) is 6.61 Å². The second-order valence-corrected chi connectivity index (χ2v) is 3.95. The summed E-state index contributed by atoms with van der Waals surface area (Å²) >= 11 is 1.39. The third-order valence-electron chi connectivity index (χ3n) is 1.68. The van der Waals surface area contributed by atoms with Gasteiger partial charge in [0.25, 0.3) is 0 Å². The highest BCUT2D eigenvalue weighted by atomic mass is 32.1. The van der Waals surface area contributed by atoms with Crippen molar-refractivity contribution in [3.63, 3.8) is 0 Å². The van der Waals surface area contributed by atoms with Crippen LogP contribution in [0.25, 0.3) is 6.08 Å². The molecule has 1 rings (SSSR count). The van der Waals surface area contributed by atoms with Gasteiger partial charge in [0.15, 0.2) is 0 Å². The van der Waals surface area contributed by atoms with E-state index < -0.39 is 0 Å². The predicted molar refractivity (Wildman–Crippen MR) is 61.0 cm³/mol. The van der Waals surface area contributed by atoms with Gasteiger partial charge >= 0.3 is 5.97 Å². The second-order valence-electron chi connectivity index (χ2n) is 2.84. The third kappa shape index (κ3) is 3.85. The fraction of sp³-hybridized carbons (Fsp3) is 0.364. The Balaban J connectivity index is 2.59. The minimum atomic E-state index is -0.274. The van der Waals surface area contributed by atoms with Crippen LogP contribution in [0.3, 0.4) is 0 Å². The zero-order valence-corrected chi connectivity index (χ0v) is 9.42. The van der Waals surface area contributed by atoms with Crippen LogP contribution in [0.4, 0.5) is 0 Å². The predicted octanol–water partition coefficient (Wildman–Crippen LogP) is 2.32. The summed E-state index contributed by atoms with van der Waals surface area (Å²) in [5, 5.41) is 8.59. The van der Waals surface area contributed by atoms with Gasteiger partial charge in [0, 0.05) is 11.5 Å². The van der Waals surface area contributed by atoms with Crippen LogP contribution < -0.4 is 0 Å². The molecule has 15 heavy (non-hydrogen) atoms. The lowest BCUT2D eigenvalue weighted by molar-refractivity contribution is 0.0532. The number of aliphatic hydroxyl groups is 1. The maximum Gasteiger partial charge on any atom is 0.348 e. The number of thiophene rings is 1. The minimum absolute atomic E-state index is 0.145. The molecule has 0 aromatic carbocycles. The Kier molecular flexibility index (Phi) is 5.07. The lowest BCUT2D eigenvalue weighted by Gasteiger charge is -1.96. The summed E-state index contributed by atoms with van der Waals surface area (Å²) in [6.07, 6.45) is 4.40. The van der Waals surface area contributed by atoms with E-state index in [0.717, 1.165) is 4.88 Å². The molecule has 0 aliphatic carbocycles. The molecule has 1 N–H and O–H groups in total. The van der Waals surface area contributed by atoms with Crippen molar-refractivity contribution in [1.82, 2.24) is 0 Å². The van der Waals surface area contributed by atoms with Gasteiger partial charge < -0.3 is 9.84 Å². The molecule has 0 spiro atoms. The molecule has 0 saturated carbocycles. The highest BCUT2D eigenvalue weighted by Crippen LogP contribution is 2.18. The largest absolute Gasteiger partial charge is 0.462 e. The van der Waals surface area contributed by atoms with E-state index in [1.165, 1.54) is 11.3 Å².